The molecule has 0 aliphatic heterocycles. The smallest absolute Gasteiger partial charge is 0.227 e. The van der Waals surface area contributed by atoms with Gasteiger partial charge in [0.25, 0.3) is 0 Å². The van der Waals surface area contributed by atoms with Gasteiger partial charge in [0, 0.05) is 5.56 Å². The zero-order chi connectivity index (χ0) is 15.9. The zero-order valence-electron chi connectivity index (χ0n) is 12.4. The van der Waals surface area contributed by atoms with Crippen molar-refractivity contribution in [3.05, 3.63) is 45.9 Å². The Morgan fingerprint density at radius 3 is 2.50 bits per heavy atom. The number of benzene rings is 2. The summed E-state index contributed by atoms with van der Waals surface area (Å²) in [7, 11) is 0. The number of fused-ring (bicyclic) bond motifs is 1. The van der Waals surface area contributed by atoms with E-state index in [0.717, 1.165) is 17.5 Å². The fourth-order valence-corrected chi connectivity index (χ4v) is 2.80. The molecule has 0 aliphatic rings. The van der Waals surface area contributed by atoms with E-state index in [4.69, 9.17) is 33.4 Å². The predicted octanol–water partition coefficient (Wildman–Crippen LogP) is 5.90. The van der Waals surface area contributed by atoms with E-state index in [1.54, 1.807) is 12.1 Å². The summed E-state index contributed by atoms with van der Waals surface area (Å²) < 4.78 is 5.80. The van der Waals surface area contributed by atoms with Crippen LogP contribution in [0.25, 0.3) is 22.6 Å². The van der Waals surface area contributed by atoms with Crippen molar-refractivity contribution in [3.63, 3.8) is 0 Å². The van der Waals surface area contributed by atoms with Gasteiger partial charge in [-0.25, -0.2) is 4.98 Å². The molecule has 0 saturated heterocycles. The third-order valence-corrected chi connectivity index (χ3v) is 4.54. The van der Waals surface area contributed by atoms with Crippen LogP contribution in [0.15, 0.2) is 34.7 Å². The molecule has 5 heteroatoms. The maximum absolute atomic E-state index is 6.07. The monoisotopic (exact) mass is 334 g/mol. The predicted molar refractivity (Wildman–Crippen MR) is 92.6 cm³/mol. The van der Waals surface area contributed by atoms with Crippen LogP contribution >= 0.6 is 23.2 Å². The SMILES string of the molecule is CC[C@@H](C)c1ccc2oc(-c3cc(Cl)c(N)c(Cl)c3)nc2c1. The number of halogens is 2. The molecule has 0 radical (unpaired) electrons. The topological polar surface area (TPSA) is 52.0 Å². The molecule has 22 heavy (non-hydrogen) atoms. The van der Waals surface area contributed by atoms with E-state index in [0.29, 0.717) is 33.1 Å². The Bertz CT molecular complexity index is 819. The number of nitrogens with two attached hydrogens (primary N) is 1. The average Bonchev–Trinajstić information content (AvgIpc) is 2.94. The molecule has 0 amide bonds. The minimum atomic E-state index is 0.363. The highest BCUT2D eigenvalue weighted by atomic mass is 35.5. The number of hydrogen-bond acceptors (Lipinski definition) is 3. The van der Waals surface area contributed by atoms with Crippen LogP contribution in [0.5, 0.6) is 0 Å². The van der Waals surface area contributed by atoms with Gasteiger partial charge in [-0.1, -0.05) is 43.1 Å². The lowest BCUT2D eigenvalue weighted by Gasteiger charge is -2.07. The summed E-state index contributed by atoms with van der Waals surface area (Å²) in [6.07, 6.45) is 1.08. The van der Waals surface area contributed by atoms with Crippen LogP contribution in [-0.2, 0) is 0 Å². The summed E-state index contributed by atoms with van der Waals surface area (Å²) in [5.74, 6) is 0.977. The van der Waals surface area contributed by atoms with Gasteiger partial charge in [-0.3, -0.25) is 0 Å². The number of hydrogen-bond donors (Lipinski definition) is 1. The van der Waals surface area contributed by atoms with Crippen LogP contribution in [0.2, 0.25) is 10.0 Å². The Morgan fingerprint density at radius 1 is 1.18 bits per heavy atom. The lowest BCUT2D eigenvalue weighted by atomic mass is 9.98. The third-order valence-electron chi connectivity index (χ3n) is 3.92. The molecule has 2 N–H and O–H groups in total. The molecule has 3 rings (SSSR count). The molecular formula is C17H16Cl2N2O. The van der Waals surface area contributed by atoms with E-state index >= 15 is 0 Å². The van der Waals surface area contributed by atoms with Crippen molar-refractivity contribution in [2.75, 3.05) is 5.73 Å². The molecule has 114 valence electrons. The minimum Gasteiger partial charge on any atom is -0.436 e. The summed E-state index contributed by atoms with van der Waals surface area (Å²) >= 11 is 12.1. The highest BCUT2D eigenvalue weighted by Gasteiger charge is 2.13. The Morgan fingerprint density at radius 2 is 1.86 bits per heavy atom. The molecule has 1 heterocycles. The molecule has 0 aliphatic carbocycles. The van der Waals surface area contributed by atoms with Gasteiger partial charge in [0.2, 0.25) is 5.89 Å². The van der Waals surface area contributed by atoms with Gasteiger partial charge >= 0.3 is 0 Å². The molecule has 0 bridgehead atoms. The van der Waals surface area contributed by atoms with Gasteiger partial charge in [0.05, 0.1) is 15.7 Å². The number of nitrogen functional groups attached to an aromatic ring is 1. The van der Waals surface area contributed by atoms with Crippen molar-refractivity contribution >= 4 is 40.0 Å². The van der Waals surface area contributed by atoms with E-state index < -0.39 is 0 Å². The summed E-state index contributed by atoms with van der Waals surface area (Å²) in [6, 6.07) is 9.52. The molecule has 1 aromatic heterocycles. The molecule has 3 aromatic rings. The first-order valence-corrected chi connectivity index (χ1v) is 7.90. The Labute approximate surface area is 139 Å². The molecule has 0 fully saturated rings. The van der Waals surface area contributed by atoms with Gasteiger partial charge < -0.3 is 10.2 Å². The fraction of sp³-hybridized carbons (Fsp3) is 0.235. The van der Waals surface area contributed by atoms with Gasteiger partial charge in [0.15, 0.2) is 5.58 Å². The second-order valence-corrected chi connectivity index (χ2v) is 6.22. The number of aromatic nitrogens is 1. The van der Waals surface area contributed by atoms with Crippen molar-refractivity contribution in [3.8, 4) is 11.5 Å². The standard InChI is InChI=1S/C17H16Cl2N2O/c1-3-9(2)10-4-5-15-14(8-10)21-17(22-15)11-6-12(18)16(20)13(19)7-11/h4-9H,3,20H2,1-2H3/t9-/m1/s1. The summed E-state index contributed by atoms with van der Waals surface area (Å²) in [5, 5.41) is 0.787. The van der Waals surface area contributed by atoms with Crippen molar-refractivity contribution in [2.45, 2.75) is 26.2 Å². The number of anilines is 1. The average molecular weight is 335 g/mol. The lowest BCUT2D eigenvalue weighted by molar-refractivity contribution is 0.619. The molecule has 0 unspecified atom stereocenters. The van der Waals surface area contributed by atoms with Crippen molar-refractivity contribution in [2.24, 2.45) is 0 Å². The fourth-order valence-electron chi connectivity index (χ4n) is 2.32. The Kier molecular flexibility index (Phi) is 4.02. The van der Waals surface area contributed by atoms with Gasteiger partial charge in [-0.05, 0) is 42.2 Å². The van der Waals surface area contributed by atoms with E-state index in [2.05, 4.69) is 31.0 Å². The normalized spacial score (nSPS) is 12.7. The van der Waals surface area contributed by atoms with E-state index in [1.165, 1.54) is 5.56 Å². The van der Waals surface area contributed by atoms with E-state index in [-0.39, 0.29) is 0 Å². The summed E-state index contributed by atoms with van der Waals surface area (Å²) in [4.78, 5) is 4.55. The van der Waals surface area contributed by atoms with Gasteiger partial charge in [-0.15, -0.1) is 0 Å². The summed E-state index contributed by atoms with van der Waals surface area (Å²) in [6.45, 7) is 4.36. The lowest BCUT2D eigenvalue weighted by Crippen LogP contribution is -1.90. The van der Waals surface area contributed by atoms with Crippen molar-refractivity contribution < 1.29 is 4.42 Å². The number of nitrogens with zero attached hydrogens (tertiary/aromatic N) is 1. The first-order chi connectivity index (χ1) is 10.5. The highest BCUT2D eigenvalue weighted by Crippen LogP contribution is 2.34. The van der Waals surface area contributed by atoms with Crippen molar-refractivity contribution in [1.82, 2.24) is 4.98 Å². The van der Waals surface area contributed by atoms with Gasteiger partial charge in [0.1, 0.15) is 5.52 Å². The van der Waals surface area contributed by atoms with E-state index in [9.17, 15) is 0 Å². The molecular weight excluding hydrogens is 319 g/mol. The largest absolute Gasteiger partial charge is 0.436 e. The van der Waals surface area contributed by atoms with Gasteiger partial charge in [-0.2, -0.15) is 0 Å². The molecule has 1 atom stereocenters. The van der Waals surface area contributed by atoms with Crippen LogP contribution in [0, 0.1) is 0 Å². The van der Waals surface area contributed by atoms with Crippen LogP contribution in [-0.4, -0.2) is 4.98 Å². The third kappa shape index (κ3) is 2.67. The molecule has 0 spiro atoms. The molecule has 3 nitrogen and oxygen atoms in total. The van der Waals surface area contributed by atoms with E-state index in [1.807, 2.05) is 6.07 Å². The quantitative estimate of drug-likeness (QED) is 0.607. The molecule has 2 aromatic carbocycles. The zero-order valence-corrected chi connectivity index (χ0v) is 13.9. The second-order valence-electron chi connectivity index (χ2n) is 5.41. The molecule has 0 saturated carbocycles. The first-order valence-electron chi connectivity index (χ1n) is 7.15. The summed E-state index contributed by atoms with van der Waals surface area (Å²) in [5.41, 5.74) is 9.66. The highest BCUT2D eigenvalue weighted by molar-refractivity contribution is 6.39. The number of rotatable bonds is 3. The first kappa shape index (κ1) is 15.2. The maximum Gasteiger partial charge on any atom is 0.227 e. The number of oxazole rings is 1. The van der Waals surface area contributed by atoms with Crippen LogP contribution < -0.4 is 5.73 Å². The van der Waals surface area contributed by atoms with Crippen LogP contribution in [0.1, 0.15) is 31.7 Å². The Balaban J connectivity index is 2.09. The van der Waals surface area contributed by atoms with Crippen molar-refractivity contribution in [1.29, 1.82) is 0 Å². The minimum absolute atomic E-state index is 0.363. The Hall–Kier alpha value is -1.71. The second kappa shape index (κ2) is 5.82. The maximum atomic E-state index is 6.07. The van der Waals surface area contributed by atoms with Crippen LogP contribution in [0.3, 0.4) is 0 Å². The van der Waals surface area contributed by atoms with Crippen LogP contribution in [0.4, 0.5) is 5.69 Å².